The van der Waals surface area contributed by atoms with Crippen LogP contribution >= 0.6 is 0 Å². The highest BCUT2D eigenvalue weighted by molar-refractivity contribution is 5.72. The van der Waals surface area contributed by atoms with Gasteiger partial charge in [0.1, 0.15) is 0 Å². The number of hydrogen-bond donors (Lipinski definition) is 2. The maximum absolute atomic E-state index is 11.1. The molecule has 0 saturated carbocycles. The van der Waals surface area contributed by atoms with Crippen LogP contribution in [0.3, 0.4) is 0 Å². The molecule has 0 aromatic heterocycles. The fourth-order valence-electron chi connectivity index (χ4n) is 2.31. The first-order chi connectivity index (χ1) is 8.09. The zero-order chi connectivity index (χ0) is 12.4. The standard InChI is InChI=1S/C13H18N2O2/c1-15(2)10-5-3-9(4-6-10)11-7-14-8-12(11)13(16)17/h3-6,11-12,14H,7-8H2,1-2H3,(H,16,17)/t11-,12-/m1/s1. The van der Waals surface area contributed by atoms with Gasteiger partial charge in [0.05, 0.1) is 5.92 Å². The van der Waals surface area contributed by atoms with Gasteiger partial charge in [-0.05, 0) is 17.7 Å². The topological polar surface area (TPSA) is 52.6 Å². The lowest BCUT2D eigenvalue weighted by Crippen LogP contribution is -2.21. The largest absolute Gasteiger partial charge is 0.481 e. The Hall–Kier alpha value is -1.55. The van der Waals surface area contributed by atoms with Crippen molar-refractivity contribution in [1.29, 1.82) is 0 Å². The summed E-state index contributed by atoms with van der Waals surface area (Å²) in [4.78, 5) is 13.1. The molecule has 17 heavy (non-hydrogen) atoms. The van der Waals surface area contributed by atoms with E-state index in [2.05, 4.69) is 5.32 Å². The average Bonchev–Trinajstić information content (AvgIpc) is 2.78. The van der Waals surface area contributed by atoms with Crippen molar-refractivity contribution >= 4 is 11.7 Å². The third-order valence-corrected chi connectivity index (χ3v) is 3.37. The number of benzene rings is 1. The van der Waals surface area contributed by atoms with Crippen molar-refractivity contribution in [1.82, 2.24) is 5.32 Å². The Kier molecular flexibility index (Phi) is 3.33. The molecule has 4 heteroatoms. The number of carbonyl (C=O) groups is 1. The molecule has 1 aliphatic rings. The summed E-state index contributed by atoms with van der Waals surface area (Å²) < 4.78 is 0. The summed E-state index contributed by atoms with van der Waals surface area (Å²) in [5.74, 6) is -0.930. The molecule has 0 aliphatic carbocycles. The smallest absolute Gasteiger partial charge is 0.308 e. The number of carboxylic acids is 1. The maximum Gasteiger partial charge on any atom is 0.308 e. The number of nitrogens with zero attached hydrogens (tertiary/aromatic N) is 1. The van der Waals surface area contributed by atoms with Crippen molar-refractivity contribution < 1.29 is 9.90 Å². The van der Waals surface area contributed by atoms with Gasteiger partial charge < -0.3 is 15.3 Å². The second-order valence-electron chi connectivity index (χ2n) is 4.70. The van der Waals surface area contributed by atoms with Crippen LogP contribution < -0.4 is 10.2 Å². The van der Waals surface area contributed by atoms with E-state index in [4.69, 9.17) is 5.11 Å². The summed E-state index contributed by atoms with van der Waals surface area (Å²) >= 11 is 0. The summed E-state index contributed by atoms with van der Waals surface area (Å²) in [5, 5.41) is 12.3. The first-order valence-electron chi connectivity index (χ1n) is 5.80. The summed E-state index contributed by atoms with van der Waals surface area (Å²) in [6.45, 7) is 1.31. The predicted octanol–water partition coefficient (Wildman–Crippen LogP) is 1.14. The molecule has 92 valence electrons. The maximum atomic E-state index is 11.1. The van der Waals surface area contributed by atoms with Gasteiger partial charge in [-0.25, -0.2) is 0 Å². The predicted molar refractivity (Wildman–Crippen MR) is 67.5 cm³/mol. The van der Waals surface area contributed by atoms with Gasteiger partial charge in [0.15, 0.2) is 0 Å². The van der Waals surface area contributed by atoms with Gasteiger partial charge in [-0.15, -0.1) is 0 Å². The molecular formula is C13H18N2O2. The van der Waals surface area contributed by atoms with E-state index in [1.54, 1.807) is 0 Å². The van der Waals surface area contributed by atoms with Gasteiger partial charge in [0, 0.05) is 38.8 Å². The second kappa shape index (κ2) is 4.75. The molecule has 1 aliphatic heterocycles. The van der Waals surface area contributed by atoms with E-state index < -0.39 is 5.97 Å². The van der Waals surface area contributed by atoms with Crippen LogP contribution in [-0.4, -0.2) is 38.3 Å². The van der Waals surface area contributed by atoms with Crippen molar-refractivity contribution in [3.05, 3.63) is 29.8 Å². The molecule has 1 aromatic carbocycles. The van der Waals surface area contributed by atoms with Gasteiger partial charge in [-0.1, -0.05) is 12.1 Å². The van der Waals surface area contributed by atoms with Crippen LogP contribution in [0.15, 0.2) is 24.3 Å². The Morgan fingerprint density at radius 1 is 1.29 bits per heavy atom. The Labute approximate surface area is 101 Å². The number of rotatable bonds is 3. The zero-order valence-corrected chi connectivity index (χ0v) is 10.2. The van der Waals surface area contributed by atoms with Crippen molar-refractivity contribution in [2.75, 3.05) is 32.1 Å². The zero-order valence-electron chi connectivity index (χ0n) is 10.2. The average molecular weight is 234 g/mol. The van der Waals surface area contributed by atoms with Gasteiger partial charge >= 0.3 is 5.97 Å². The summed E-state index contributed by atoms with van der Waals surface area (Å²) in [5.41, 5.74) is 2.24. The van der Waals surface area contributed by atoms with E-state index in [0.717, 1.165) is 17.8 Å². The van der Waals surface area contributed by atoms with Crippen LogP contribution in [0.25, 0.3) is 0 Å². The highest BCUT2D eigenvalue weighted by Crippen LogP contribution is 2.29. The summed E-state index contributed by atoms with van der Waals surface area (Å²) in [6.07, 6.45) is 0. The minimum Gasteiger partial charge on any atom is -0.481 e. The second-order valence-corrected chi connectivity index (χ2v) is 4.70. The van der Waals surface area contributed by atoms with E-state index in [-0.39, 0.29) is 11.8 Å². The Morgan fingerprint density at radius 3 is 2.47 bits per heavy atom. The molecule has 1 aromatic rings. The molecule has 0 unspecified atom stereocenters. The fraction of sp³-hybridized carbons (Fsp3) is 0.462. The number of anilines is 1. The normalized spacial score (nSPS) is 23.6. The van der Waals surface area contributed by atoms with Crippen molar-refractivity contribution in [2.24, 2.45) is 5.92 Å². The van der Waals surface area contributed by atoms with Crippen LogP contribution in [0.5, 0.6) is 0 Å². The van der Waals surface area contributed by atoms with E-state index in [1.165, 1.54) is 0 Å². The summed E-state index contributed by atoms with van der Waals surface area (Å²) in [6, 6.07) is 8.13. The van der Waals surface area contributed by atoms with Crippen LogP contribution in [-0.2, 0) is 4.79 Å². The van der Waals surface area contributed by atoms with E-state index in [0.29, 0.717) is 6.54 Å². The Bertz CT molecular complexity index is 400. The molecule has 1 saturated heterocycles. The molecule has 2 N–H and O–H groups in total. The third kappa shape index (κ3) is 2.42. The monoisotopic (exact) mass is 234 g/mol. The van der Waals surface area contributed by atoms with E-state index in [1.807, 2.05) is 43.3 Å². The molecule has 1 fully saturated rings. The molecule has 2 rings (SSSR count). The van der Waals surface area contributed by atoms with Gasteiger partial charge in [-0.2, -0.15) is 0 Å². The molecule has 0 spiro atoms. The lowest BCUT2D eigenvalue weighted by Gasteiger charge is -2.17. The lowest BCUT2D eigenvalue weighted by molar-refractivity contribution is -0.141. The Balaban J connectivity index is 2.19. The number of aliphatic carboxylic acids is 1. The van der Waals surface area contributed by atoms with Crippen LogP contribution in [0, 0.1) is 5.92 Å². The first kappa shape index (κ1) is 11.9. The number of hydrogen-bond acceptors (Lipinski definition) is 3. The molecular weight excluding hydrogens is 216 g/mol. The van der Waals surface area contributed by atoms with Crippen molar-refractivity contribution in [2.45, 2.75) is 5.92 Å². The fourth-order valence-corrected chi connectivity index (χ4v) is 2.31. The molecule has 4 nitrogen and oxygen atoms in total. The highest BCUT2D eigenvalue weighted by Gasteiger charge is 2.33. The molecule has 0 radical (unpaired) electrons. The van der Waals surface area contributed by atoms with Crippen LogP contribution in [0.2, 0.25) is 0 Å². The van der Waals surface area contributed by atoms with Crippen LogP contribution in [0.1, 0.15) is 11.5 Å². The van der Waals surface area contributed by atoms with Crippen LogP contribution in [0.4, 0.5) is 5.69 Å². The summed E-state index contributed by atoms with van der Waals surface area (Å²) in [7, 11) is 3.98. The van der Waals surface area contributed by atoms with Gasteiger partial charge in [0.2, 0.25) is 0 Å². The quantitative estimate of drug-likeness (QED) is 0.823. The molecule has 2 atom stereocenters. The lowest BCUT2D eigenvalue weighted by atomic mass is 9.89. The SMILES string of the molecule is CN(C)c1ccc([C@H]2CNC[C@H]2C(=O)O)cc1. The number of nitrogens with one attached hydrogen (secondary N) is 1. The van der Waals surface area contributed by atoms with Gasteiger partial charge in [-0.3, -0.25) is 4.79 Å². The molecule has 0 amide bonds. The van der Waals surface area contributed by atoms with E-state index >= 15 is 0 Å². The number of carboxylic acid groups (broad SMARTS) is 1. The van der Waals surface area contributed by atoms with Crippen molar-refractivity contribution in [3.8, 4) is 0 Å². The first-order valence-corrected chi connectivity index (χ1v) is 5.80. The Morgan fingerprint density at radius 2 is 1.94 bits per heavy atom. The van der Waals surface area contributed by atoms with Crippen molar-refractivity contribution in [3.63, 3.8) is 0 Å². The van der Waals surface area contributed by atoms with Gasteiger partial charge in [0.25, 0.3) is 0 Å². The minimum absolute atomic E-state index is 0.0868. The molecule has 0 bridgehead atoms. The minimum atomic E-state index is -0.711. The highest BCUT2D eigenvalue weighted by atomic mass is 16.4. The van der Waals surface area contributed by atoms with E-state index in [9.17, 15) is 4.79 Å². The third-order valence-electron chi connectivity index (χ3n) is 3.37. The molecule has 1 heterocycles.